The predicted molar refractivity (Wildman–Crippen MR) is 68.1 cm³/mol. The molecular formula is C15H17FN2. The summed E-state index contributed by atoms with van der Waals surface area (Å²) < 4.78 is 13.0. The standard InChI is InChI=1S/C15H17FN2/c16-13-4-1-3-12(18-13)5-8-14-6-2-7-15(17,11-14)10-9-14/h1,3-4H,2,6-7,9-11,17H2/t14-,15+/m1/s1. The van der Waals surface area contributed by atoms with Crippen LogP contribution >= 0.6 is 0 Å². The molecule has 0 saturated heterocycles. The van der Waals surface area contributed by atoms with Crippen molar-refractivity contribution < 1.29 is 4.39 Å². The minimum Gasteiger partial charge on any atom is -0.325 e. The third-order valence-corrected chi connectivity index (χ3v) is 4.29. The summed E-state index contributed by atoms with van der Waals surface area (Å²) in [6.45, 7) is 0. The van der Waals surface area contributed by atoms with Crippen LogP contribution in [0.25, 0.3) is 0 Å². The van der Waals surface area contributed by atoms with E-state index in [1.54, 1.807) is 12.1 Å². The molecule has 0 aliphatic heterocycles. The Morgan fingerprint density at radius 3 is 2.94 bits per heavy atom. The fourth-order valence-corrected chi connectivity index (χ4v) is 3.39. The van der Waals surface area contributed by atoms with Crippen LogP contribution in [-0.4, -0.2) is 10.5 Å². The number of fused-ring (bicyclic) bond motifs is 2. The van der Waals surface area contributed by atoms with Crippen LogP contribution in [0.2, 0.25) is 0 Å². The Hall–Kier alpha value is -1.40. The van der Waals surface area contributed by atoms with E-state index in [0.717, 1.165) is 38.5 Å². The lowest BCUT2D eigenvalue weighted by Gasteiger charge is -2.33. The maximum atomic E-state index is 13.0. The molecule has 1 heterocycles. The van der Waals surface area contributed by atoms with Gasteiger partial charge in [0.15, 0.2) is 0 Å². The van der Waals surface area contributed by atoms with Gasteiger partial charge in [0.1, 0.15) is 5.69 Å². The molecule has 0 unspecified atom stereocenters. The van der Waals surface area contributed by atoms with Crippen LogP contribution in [0.3, 0.4) is 0 Å². The van der Waals surface area contributed by atoms with E-state index in [0.29, 0.717) is 5.69 Å². The maximum absolute atomic E-state index is 13.0. The molecule has 2 aliphatic rings. The van der Waals surface area contributed by atoms with E-state index in [-0.39, 0.29) is 11.0 Å². The number of hydrogen-bond donors (Lipinski definition) is 1. The lowest BCUT2D eigenvalue weighted by Crippen LogP contribution is -2.40. The molecule has 3 rings (SSSR count). The number of pyridine rings is 1. The van der Waals surface area contributed by atoms with E-state index >= 15 is 0 Å². The molecule has 2 atom stereocenters. The highest BCUT2D eigenvalue weighted by atomic mass is 19.1. The lowest BCUT2D eigenvalue weighted by atomic mass is 9.74. The van der Waals surface area contributed by atoms with Crippen molar-refractivity contribution in [1.82, 2.24) is 4.98 Å². The highest BCUT2D eigenvalue weighted by Crippen LogP contribution is 2.52. The van der Waals surface area contributed by atoms with Gasteiger partial charge in [0.05, 0.1) is 0 Å². The van der Waals surface area contributed by atoms with Crippen molar-refractivity contribution in [3.63, 3.8) is 0 Å². The third kappa shape index (κ3) is 2.13. The fraction of sp³-hybridized carbons (Fsp3) is 0.533. The van der Waals surface area contributed by atoms with Crippen molar-refractivity contribution in [3.05, 3.63) is 29.8 Å². The zero-order valence-electron chi connectivity index (χ0n) is 10.4. The SMILES string of the molecule is N[C@@]12CCC[C@@](C#Cc3cccc(F)n3)(CC1)C2. The zero-order valence-corrected chi connectivity index (χ0v) is 10.4. The number of rotatable bonds is 0. The Labute approximate surface area is 107 Å². The average molecular weight is 244 g/mol. The number of hydrogen-bond acceptors (Lipinski definition) is 2. The summed E-state index contributed by atoms with van der Waals surface area (Å²) in [5, 5.41) is 0. The van der Waals surface area contributed by atoms with Gasteiger partial charge >= 0.3 is 0 Å². The minimum absolute atomic E-state index is 0.00228. The van der Waals surface area contributed by atoms with E-state index in [1.165, 1.54) is 6.07 Å². The van der Waals surface area contributed by atoms with Crippen molar-refractivity contribution in [3.8, 4) is 11.8 Å². The van der Waals surface area contributed by atoms with E-state index in [4.69, 9.17) is 5.73 Å². The maximum Gasteiger partial charge on any atom is 0.214 e. The van der Waals surface area contributed by atoms with Gasteiger partial charge in [0.25, 0.3) is 0 Å². The second-order valence-corrected chi connectivity index (χ2v) is 5.77. The second-order valence-electron chi connectivity index (χ2n) is 5.77. The molecule has 2 bridgehead atoms. The first-order chi connectivity index (χ1) is 8.59. The summed E-state index contributed by atoms with van der Waals surface area (Å²) in [5.74, 6) is 5.90. The van der Waals surface area contributed by atoms with Crippen LogP contribution < -0.4 is 5.73 Å². The molecule has 0 amide bonds. The molecule has 2 fully saturated rings. The van der Waals surface area contributed by atoms with Crippen molar-refractivity contribution in [2.45, 2.75) is 44.1 Å². The Morgan fingerprint density at radius 1 is 1.22 bits per heavy atom. The first-order valence-corrected chi connectivity index (χ1v) is 6.54. The number of nitrogens with zero attached hydrogens (tertiary/aromatic N) is 1. The molecule has 0 spiro atoms. The zero-order chi connectivity index (χ0) is 12.6. The monoisotopic (exact) mass is 244 g/mol. The Balaban J connectivity index is 1.85. The quantitative estimate of drug-likeness (QED) is 0.563. The number of aromatic nitrogens is 1. The number of halogens is 1. The molecule has 0 radical (unpaired) electrons. The van der Waals surface area contributed by atoms with Crippen LogP contribution in [-0.2, 0) is 0 Å². The van der Waals surface area contributed by atoms with Gasteiger partial charge in [-0.15, -0.1) is 0 Å². The van der Waals surface area contributed by atoms with E-state index < -0.39 is 5.95 Å². The minimum atomic E-state index is -0.470. The third-order valence-electron chi connectivity index (χ3n) is 4.29. The van der Waals surface area contributed by atoms with Gasteiger partial charge in [-0.3, -0.25) is 0 Å². The normalized spacial score (nSPS) is 33.9. The average Bonchev–Trinajstić information content (AvgIpc) is 2.58. The molecule has 1 aromatic rings. The number of nitrogens with two attached hydrogens (primary N) is 1. The summed E-state index contributed by atoms with van der Waals surface area (Å²) in [6, 6.07) is 4.73. The molecule has 2 nitrogen and oxygen atoms in total. The molecule has 3 heteroatoms. The molecule has 2 aliphatic carbocycles. The van der Waals surface area contributed by atoms with Gasteiger partial charge in [0, 0.05) is 11.0 Å². The predicted octanol–water partition coefficient (Wildman–Crippen LogP) is 2.62. The van der Waals surface area contributed by atoms with Crippen LogP contribution in [0.5, 0.6) is 0 Å². The Bertz CT molecular complexity index is 531. The van der Waals surface area contributed by atoms with Crippen molar-refractivity contribution in [2.75, 3.05) is 0 Å². The topological polar surface area (TPSA) is 38.9 Å². The van der Waals surface area contributed by atoms with Crippen LogP contribution in [0.15, 0.2) is 18.2 Å². The van der Waals surface area contributed by atoms with Gasteiger partial charge in [-0.1, -0.05) is 18.4 Å². The first-order valence-electron chi connectivity index (χ1n) is 6.54. The summed E-state index contributed by atoms with van der Waals surface area (Å²) in [6.07, 6.45) is 6.52. The van der Waals surface area contributed by atoms with Gasteiger partial charge in [-0.2, -0.15) is 4.39 Å². The molecule has 2 N–H and O–H groups in total. The van der Waals surface area contributed by atoms with Crippen LogP contribution in [0.4, 0.5) is 4.39 Å². The fourth-order valence-electron chi connectivity index (χ4n) is 3.39. The van der Waals surface area contributed by atoms with Crippen molar-refractivity contribution in [1.29, 1.82) is 0 Å². The second kappa shape index (κ2) is 4.07. The summed E-state index contributed by atoms with van der Waals surface area (Å²) >= 11 is 0. The molecule has 18 heavy (non-hydrogen) atoms. The van der Waals surface area contributed by atoms with Gasteiger partial charge in [-0.05, 0) is 50.2 Å². The van der Waals surface area contributed by atoms with Crippen molar-refractivity contribution >= 4 is 0 Å². The highest BCUT2D eigenvalue weighted by molar-refractivity contribution is 5.31. The van der Waals surface area contributed by atoms with Gasteiger partial charge < -0.3 is 5.73 Å². The van der Waals surface area contributed by atoms with E-state index in [2.05, 4.69) is 16.8 Å². The molecule has 1 aromatic heterocycles. The van der Waals surface area contributed by atoms with Crippen molar-refractivity contribution in [2.24, 2.45) is 11.1 Å². The van der Waals surface area contributed by atoms with Crippen LogP contribution in [0, 0.1) is 23.2 Å². The summed E-state index contributed by atoms with van der Waals surface area (Å²) in [5.41, 5.74) is 6.91. The Morgan fingerprint density at radius 2 is 2.11 bits per heavy atom. The van der Waals surface area contributed by atoms with Crippen LogP contribution in [0.1, 0.15) is 44.2 Å². The molecule has 2 saturated carbocycles. The molecular weight excluding hydrogens is 227 g/mol. The summed E-state index contributed by atoms with van der Waals surface area (Å²) in [7, 11) is 0. The molecule has 0 aromatic carbocycles. The van der Waals surface area contributed by atoms with E-state index in [1.807, 2.05) is 0 Å². The highest BCUT2D eigenvalue weighted by Gasteiger charge is 2.48. The van der Waals surface area contributed by atoms with Gasteiger partial charge in [0.2, 0.25) is 5.95 Å². The largest absolute Gasteiger partial charge is 0.325 e. The molecule has 94 valence electrons. The van der Waals surface area contributed by atoms with E-state index in [9.17, 15) is 4.39 Å². The van der Waals surface area contributed by atoms with Gasteiger partial charge in [-0.25, -0.2) is 4.98 Å². The smallest absolute Gasteiger partial charge is 0.214 e. The Kier molecular flexibility index (Phi) is 2.64. The first kappa shape index (κ1) is 11.7. The lowest BCUT2D eigenvalue weighted by molar-refractivity contribution is 0.257. The summed E-state index contributed by atoms with van der Waals surface area (Å²) in [4.78, 5) is 3.78.